The Balaban J connectivity index is 2.00. The van der Waals surface area contributed by atoms with E-state index < -0.39 is 0 Å². The van der Waals surface area contributed by atoms with Crippen molar-refractivity contribution in [3.63, 3.8) is 0 Å². The third-order valence-corrected chi connectivity index (χ3v) is 3.55. The summed E-state index contributed by atoms with van der Waals surface area (Å²) in [5, 5.41) is 2.96. The zero-order valence-electron chi connectivity index (χ0n) is 13.2. The molecule has 0 fully saturated rings. The summed E-state index contributed by atoms with van der Waals surface area (Å²) in [4.78, 5) is 12.2. The van der Waals surface area contributed by atoms with Gasteiger partial charge in [-0.25, -0.2) is 0 Å². The quantitative estimate of drug-likeness (QED) is 0.896. The fraction of sp³-hybridized carbons (Fsp3) is 0.316. The number of carbonyl (C=O) groups is 1. The van der Waals surface area contributed by atoms with Crippen LogP contribution in [0.3, 0.4) is 0 Å². The van der Waals surface area contributed by atoms with Crippen molar-refractivity contribution in [1.29, 1.82) is 0 Å². The van der Waals surface area contributed by atoms with Gasteiger partial charge in [-0.2, -0.15) is 0 Å². The molecule has 0 saturated carbocycles. The fourth-order valence-corrected chi connectivity index (χ4v) is 2.23. The van der Waals surface area contributed by atoms with Gasteiger partial charge in [0, 0.05) is 12.1 Å². The molecule has 110 valence electrons. The van der Waals surface area contributed by atoms with Gasteiger partial charge in [-0.15, -0.1) is 0 Å². The monoisotopic (exact) mass is 281 g/mol. The minimum absolute atomic E-state index is 0.0306. The normalized spacial score (nSPS) is 11.2. The fourth-order valence-electron chi connectivity index (χ4n) is 2.23. The predicted octanol–water partition coefficient (Wildman–Crippen LogP) is 4.22. The van der Waals surface area contributed by atoms with E-state index in [0.29, 0.717) is 12.1 Å². The Morgan fingerprint density at radius 3 is 2.29 bits per heavy atom. The van der Waals surface area contributed by atoms with Crippen molar-refractivity contribution in [2.75, 3.05) is 0 Å². The van der Waals surface area contributed by atoms with Crippen molar-refractivity contribution in [1.82, 2.24) is 5.32 Å². The molecule has 0 aliphatic carbocycles. The van der Waals surface area contributed by atoms with Crippen LogP contribution >= 0.6 is 0 Å². The first kappa shape index (κ1) is 15.3. The standard InChI is InChI=1S/C19H23NO/c1-14-6-5-7-15(12-14)13-20-18(21)16-8-10-17(11-9-16)19(2,3)4/h5-12H,13H2,1-4H3,(H,20,21). The first-order valence-corrected chi connectivity index (χ1v) is 7.30. The van der Waals surface area contributed by atoms with Crippen molar-refractivity contribution in [2.45, 2.75) is 39.7 Å². The van der Waals surface area contributed by atoms with Gasteiger partial charge in [0.05, 0.1) is 0 Å². The number of rotatable bonds is 3. The summed E-state index contributed by atoms with van der Waals surface area (Å²) in [5.41, 5.74) is 4.37. The Morgan fingerprint density at radius 1 is 1.05 bits per heavy atom. The first-order valence-electron chi connectivity index (χ1n) is 7.30. The Hall–Kier alpha value is -2.09. The number of carbonyl (C=O) groups excluding carboxylic acids is 1. The molecule has 0 saturated heterocycles. The molecule has 0 unspecified atom stereocenters. The van der Waals surface area contributed by atoms with Gasteiger partial charge >= 0.3 is 0 Å². The van der Waals surface area contributed by atoms with Crippen LogP contribution < -0.4 is 5.32 Å². The number of nitrogens with one attached hydrogen (secondary N) is 1. The molecule has 1 amide bonds. The van der Waals surface area contributed by atoms with Gasteiger partial charge in [0.1, 0.15) is 0 Å². The van der Waals surface area contributed by atoms with E-state index in [1.807, 2.05) is 36.4 Å². The van der Waals surface area contributed by atoms with Gasteiger partial charge < -0.3 is 5.32 Å². The molecule has 2 aromatic carbocycles. The lowest BCUT2D eigenvalue weighted by molar-refractivity contribution is 0.0951. The summed E-state index contributed by atoms with van der Waals surface area (Å²) < 4.78 is 0. The van der Waals surface area contributed by atoms with E-state index in [-0.39, 0.29) is 11.3 Å². The molecule has 2 heteroatoms. The summed E-state index contributed by atoms with van der Waals surface area (Å²) in [6, 6.07) is 16.0. The van der Waals surface area contributed by atoms with Gasteiger partial charge in [0.15, 0.2) is 0 Å². The maximum Gasteiger partial charge on any atom is 0.251 e. The maximum absolute atomic E-state index is 12.2. The Bertz CT molecular complexity index is 621. The largest absolute Gasteiger partial charge is 0.348 e. The summed E-state index contributed by atoms with van der Waals surface area (Å²) in [6.45, 7) is 9.11. The van der Waals surface area contributed by atoms with Crippen LogP contribution in [-0.2, 0) is 12.0 Å². The van der Waals surface area contributed by atoms with E-state index in [1.165, 1.54) is 11.1 Å². The maximum atomic E-state index is 12.2. The highest BCUT2D eigenvalue weighted by Crippen LogP contribution is 2.22. The van der Waals surface area contributed by atoms with E-state index >= 15 is 0 Å². The van der Waals surface area contributed by atoms with Crippen LogP contribution in [0.25, 0.3) is 0 Å². The highest BCUT2D eigenvalue weighted by atomic mass is 16.1. The van der Waals surface area contributed by atoms with Gasteiger partial charge in [0.2, 0.25) is 0 Å². The molecule has 0 aliphatic heterocycles. The lowest BCUT2D eigenvalue weighted by Crippen LogP contribution is -2.23. The smallest absolute Gasteiger partial charge is 0.251 e. The van der Waals surface area contributed by atoms with Crippen LogP contribution in [0.5, 0.6) is 0 Å². The summed E-state index contributed by atoms with van der Waals surface area (Å²) in [6.07, 6.45) is 0. The first-order chi connectivity index (χ1) is 9.86. The molecule has 21 heavy (non-hydrogen) atoms. The summed E-state index contributed by atoms with van der Waals surface area (Å²) in [7, 11) is 0. The average Bonchev–Trinajstić information content (AvgIpc) is 2.44. The molecule has 0 heterocycles. The zero-order valence-corrected chi connectivity index (χ0v) is 13.2. The topological polar surface area (TPSA) is 29.1 Å². The Kier molecular flexibility index (Phi) is 4.46. The molecule has 0 aromatic heterocycles. The van der Waals surface area contributed by atoms with Gasteiger partial charge in [-0.05, 0) is 35.6 Å². The van der Waals surface area contributed by atoms with Gasteiger partial charge in [-0.1, -0.05) is 62.7 Å². The van der Waals surface area contributed by atoms with E-state index in [1.54, 1.807) is 0 Å². The van der Waals surface area contributed by atoms with Crippen molar-refractivity contribution in [2.24, 2.45) is 0 Å². The second-order valence-corrected chi connectivity index (χ2v) is 6.50. The summed E-state index contributed by atoms with van der Waals surface area (Å²) in [5.74, 6) is -0.0306. The second kappa shape index (κ2) is 6.13. The average molecular weight is 281 g/mol. The van der Waals surface area contributed by atoms with E-state index in [4.69, 9.17) is 0 Å². The molecular formula is C19H23NO. The minimum atomic E-state index is -0.0306. The van der Waals surface area contributed by atoms with E-state index in [2.05, 4.69) is 45.1 Å². The second-order valence-electron chi connectivity index (χ2n) is 6.50. The van der Waals surface area contributed by atoms with Crippen molar-refractivity contribution < 1.29 is 4.79 Å². The van der Waals surface area contributed by atoms with Crippen LogP contribution in [0, 0.1) is 6.92 Å². The van der Waals surface area contributed by atoms with Gasteiger partial charge in [-0.3, -0.25) is 4.79 Å². The Labute approximate surface area is 127 Å². The van der Waals surface area contributed by atoms with Crippen LogP contribution in [0.15, 0.2) is 48.5 Å². The molecule has 0 atom stereocenters. The number of hydrogen-bond donors (Lipinski definition) is 1. The Morgan fingerprint density at radius 2 is 1.71 bits per heavy atom. The van der Waals surface area contributed by atoms with E-state index in [9.17, 15) is 4.79 Å². The molecule has 2 aromatic rings. The van der Waals surface area contributed by atoms with E-state index in [0.717, 1.165) is 5.56 Å². The number of benzene rings is 2. The van der Waals surface area contributed by atoms with Crippen LogP contribution in [-0.4, -0.2) is 5.91 Å². The lowest BCUT2D eigenvalue weighted by Gasteiger charge is -2.19. The molecule has 1 N–H and O–H groups in total. The highest BCUT2D eigenvalue weighted by molar-refractivity contribution is 5.94. The molecule has 0 spiro atoms. The molecule has 2 nitrogen and oxygen atoms in total. The van der Waals surface area contributed by atoms with Crippen LogP contribution in [0.4, 0.5) is 0 Å². The minimum Gasteiger partial charge on any atom is -0.348 e. The molecule has 0 aliphatic rings. The van der Waals surface area contributed by atoms with Crippen LogP contribution in [0.2, 0.25) is 0 Å². The predicted molar refractivity (Wildman–Crippen MR) is 87.5 cm³/mol. The van der Waals surface area contributed by atoms with Crippen molar-refractivity contribution in [3.05, 3.63) is 70.8 Å². The zero-order chi connectivity index (χ0) is 15.5. The third-order valence-electron chi connectivity index (χ3n) is 3.55. The van der Waals surface area contributed by atoms with Crippen molar-refractivity contribution in [3.8, 4) is 0 Å². The van der Waals surface area contributed by atoms with Crippen molar-refractivity contribution >= 4 is 5.91 Å². The number of hydrogen-bond acceptors (Lipinski definition) is 1. The van der Waals surface area contributed by atoms with Crippen LogP contribution in [0.1, 0.15) is 47.8 Å². The molecule has 0 bridgehead atoms. The lowest BCUT2D eigenvalue weighted by atomic mass is 9.87. The summed E-state index contributed by atoms with van der Waals surface area (Å²) >= 11 is 0. The molecule has 2 rings (SSSR count). The van der Waals surface area contributed by atoms with Gasteiger partial charge in [0.25, 0.3) is 5.91 Å². The number of aryl methyl sites for hydroxylation is 1. The third kappa shape index (κ3) is 4.19. The highest BCUT2D eigenvalue weighted by Gasteiger charge is 2.14. The SMILES string of the molecule is Cc1cccc(CNC(=O)c2ccc(C(C)(C)C)cc2)c1. The molecule has 0 radical (unpaired) electrons. The number of amides is 1. The molecular weight excluding hydrogens is 258 g/mol.